The Labute approximate surface area is 91.3 Å². The summed E-state index contributed by atoms with van der Waals surface area (Å²) in [5, 5.41) is 3.30. The zero-order valence-corrected chi connectivity index (χ0v) is 9.84. The highest BCUT2D eigenvalue weighted by molar-refractivity contribution is 5.77. The maximum Gasteiger partial charge on any atom is 0.313 e. The minimum absolute atomic E-state index is 0.0801. The van der Waals surface area contributed by atoms with E-state index in [-0.39, 0.29) is 12.0 Å². The molecule has 0 aliphatic carbocycles. The number of carbonyl (C=O) groups excluding carboxylic acids is 1. The molecule has 0 spiro atoms. The van der Waals surface area contributed by atoms with Crippen molar-refractivity contribution in [3.05, 3.63) is 0 Å². The molecule has 0 aromatic carbocycles. The molecule has 4 heteroatoms. The summed E-state index contributed by atoms with van der Waals surface area (Å²) in [6.45, 7) is 8.29. The van der Waals surface area contributed by atoms with Crippen LogP contribution >= 0.6 is 0 Å². The summed E-state index contributed by atoms with van der Waals surface area (Å²) in [5.41, 5.74) is -0.425. The zero-order valence-electron chi connectivity index (χ0n) is 9.84. The molecule has 0 radical (unpaired) electrons. The lowest BCUT2D eigenvalue weighted by Gasteiger charge is -2.28. The van der Waals surface area contributed by atoms with Gasteiger partial charge in [-0.25, -0.2) is 0 Å². The molecule has 0 aromatic heterocycles. The standard InChI is InChI=1S/C11H21NO3/c1-4-14-8-9-11(3,6-7-12-9)10(13)15-5-2/h9,12H,4-8H2,1-3H3/t9-,11-/m1/s1. The van der Waals surface area contributed by atoms with Crippen molar-refractivity contribution in [2.24, 2.45) is 5.41 Å². The number of hydrogen-bond donors (Lipinski definition) is 1. The van der Waals surface area contributed by atoms with Crippen LogP contribution in [0.3, 0.4) is 0 Å². The quantitative estimate of drug-likeness (QED) is 0.694. The van der Waals surface area contributed by atoms with Crippen molar-refractivity contribution in [1.82, 2.24) is 5.32 Å². The van der Waals surface area contributed by atoms with Crippen LogP contribution in [-0.4, -0.2) is 38.4 Å². The van der Waals surface area contributed by atoms with Crippen LogP contribution in [0.1, 0.15) is 27.2 Å². The third-order valence-electron chi connectivity index (χ3n) is 3.03. The van der Waals surface area contributed by atoms with Gasteiger partial charge in [0.05, 0.1) is 18.6 Å². The Bertz CT molecular complexity index is 220. The molecule has 0 saturated carbocycles. The van der Waals surface area contributed by atoms with Gasteiger partial charge in [0.1, 0.15) is 0 Å². The number of nitrogens with one attached hydrogen (secondary N) is 1. The monoisotopic (exact) mass is 215 g/mol. The summed E-state index contributed by atoms with van der Waals surface area (Å²) in [7, 11) is 0. The molecular weight excluding hydrogens is 194 g/mol. The predicted octanol–water partition coefficient (Wildman–Crippen LogP) is 0.954. The van der Waals surface area contributed by atoms with E-state index in [0.29, 0.717) is 19.8 Å². The summed E-state index contributed by atoms with van der Waals surface area (Å²) in [6, 6.07) is 0.0801. The second kappa shape index (κ2) is 5.47. The van der Waals surface area contributed by atoms with E-state index in [9.17, 15) is 4.79 Å². The van der Waals surface area contributed by atoms with Crippen LogP contribution in [0, 0.1) is 5.41 Å². The third-order valence-corrected chi connectivity index (χ3v) is 3.03. The average molecular weight is 215 g/mol. The number of rotatable bonds is 5. The first-order valence-corrected chi connectivity index (χ1v) is 5.63. The number of esters is 1. The molecule has 1 fully saturated rings. The Balaban J connectivity index is 2.59. The molecule has 0 bridgehead atoms. The van der Waals surface area contributed by atoms with Crippen LogP contribution in [-0.2, 0) is 14.3 Å². The Hall–Kier alpha value is -0.610. The van der Waals surface area contributed by atoms with Crippen LogP contribution in [0.5, 0.6) is 0 Å². The van der Waals surface area contributed by atoms with Crippen molar-refractivity contribution in [2.45, 2.75) is 33.2 Å². The van der Waals surface area contributed by atoms with Crippen LogP contribution in [0.2, 0.25) is 0 Å². The molecule has 1 aliphatic heterocycles. The van der Waals surface area contributed by atoms with Gasteiger partial charge in [0.15, 0.2) is 0 Å². The van der Waals surface area contributed by atoms with Gasteiger partial charge in [-0.2, -0.15) is 0 Å². The third kappa shape index (κ3) is 2.69. The van der Waals surface area contributed by atoms with Gasteiger partial charge < -0.3 is 14.8 Å². The zero-order chi connectivity index (χ0) is 11.3. The van der Waals surface area contributed by atoms with Crippen LogP contribution in [0.15, 0.2) is 0 Å². The topological polar surface area (TPSA) is 47.6 Å². The lowest BCUT2D eigenvalue weighted by Crippen LogP contribution is -2.44. The largest absolute Gasteiger partial charge is 0.466 e. The van der Waals surface area contributed by atoms with E-state index >= 15 is 0 Å². The van der Waals surface area contributed by atoms with Crippen LogP contribution in [0.4, 0.5) is 0 Å². The highest BCUT2D eigenvalue weighted by atomic mass is 16.5. The van der Waals surface area contributed by atoms with E-state index in [2.05, 4.69) is 5.32 Å². The second-order valence-corrected chi connectivity index (χ2v) is 4.05. The van der Waals surface area contributed by atoms with Crippen molar-refractivity contribution in [1.29, 1.82) is 0 Å². The average Bonchev–Trinajstić information content (AvgIpc) is 2.59. The molecule has 1 heterocycles. The Kier molecular flexibility index (Phi) is 4.54. The van der Waals surface area contributed by atoms with Crippen molar-refractivity contribution in [2.75, 3.05) is 26.4 Å². The maximum atomic E-state index is 11.8. The first kappa shape index (κ1) is 12.5. The van der Waals surface area contributed by atoms with Crippen LogP contribution < -0.4 is 5.32 Å². The minimum atomic E-state index is -0.425. The fourth-order valence-electron chi connectivity index (χ4n) is 1.92. The highest BCUT2D eigenvalue weighted by Crippen LogP contribution is 2.32. The summed E-state index contributed by atoms with van der Waals surface area (Å²) < 4.78 is 10.5. The lowest BCUT2D eigenvalue weighted by atomic mass is 9.83. The molecule has 1 saturated heterocycles. The maximum absolute atomic E-state index is 11.8. The minimum Gasteiger partial charge on any atom is -0.466 e. The van der Waals surface area contributed by atoms with Gasteiger partial charge in [-0.3, -0.25) is 4.79 Å². The van der Waals surface area contributed by atoms with E-state index in [1.54, 1.807) is 0 Å². The van der Waals surface area contributed by atoms with Gasteiger partial charge in [-0.1, -0.05) is 0 Å². The summed E-state index contributed by atoms with van der Waals surface area (Å²) in [6.07, 6.45) is 0.823. The molecule has 15 heavy (non-hydrogen) atoms. The Morgan fingerprint density at radius 2 is 2.20 bits per heavy atom. The summed E-state index contributed by atoms with van der Waals surface area (Å²) in [4.78, 5) is 11.8. The summed E-state index contributed by atoms with van der Waals surface area (Å²) >= 11 is 0. The van der Waals surface area contributed by atoms with Crippen LogP contribution in [0.25, 0.3) is 0 Å². The molecule has 0 aromatic rings. The van der Waals surface area contributed by atoms with Gasteiger partial charge in [-0.15, -0.1) is 0 Å². The van der Waals surface area contributed by atoms with Gasteiger partial charge in [0, 0.05) is 12.6 Å². The molecule has 0 amide bonds. The molecule has 88 valence electrons. The van der Waals surface area contributed by atoms with E-state index in [0.717, 1.165) is 13.0 Å². The highest BCUT2D eigenvalue weighted by Gasteiger charge is 2.46. The molecular formula is C11H21NO3. The van der Waals surface area contributed by atoms with Gasteiger partial charge in [0.25, 0.3) is 0 Å². The van der Waals surface area contributed by atoms with Crippen molar-refractivity contribution in [3.63, 3.8) is 0 Å². The van der Waals surface area contributed by atoms with E-state index < -0.39 is 5.41 Å². The van der Waals surface area contributed by atoms with Crippen molar-refractivity contribution in [3.8, 4) is 0 Å². The first-order valence-electron chi connectivity index (χ1n) is 5.63. The SMILES string of the molecule is CCOC[C@H]1NCC[C@@]1(C)C(=O)OCC. The molecule has 2 atom stereocenters. The van der Waals surface area contributed by atoms with E-state index in [1.165, 1.54) is 0 Å². The molecule has 1 N–H and O–H groups in total. The first-order chi connectivity index (χ1) is 7.15. The molecule has 1 rings (SSSR count). The van der Waals surface area contributed by atoms with Gasteiger partial charge in [-0.05, 0) is 33.7 Å². The van der Waals surface area contributed by atoms with E-state index in [4.69, 9.17) is 9.47 Å². The van der Waals surface area contributed by atoms with E-state index in [1.807, 2.05) is 20.8 Å². The second-order valence-electron chi connectivity index (χ2n) is 4.05. The Morgan fingerprint density at radius 1 is 1.47 bits per heavy atom. The molecule has 0 unspecified atom stereocenters. The molecule has 1 aliphatic rings. The Morgan fingerprint density at radius 3 is 2.80 bits per heavy atom. The van der Waals surface area contributed by atoms with Crippen molar-refractivity contribution < 1.29 is 14.3 Å². The summed E-state index contributed by atoms with van der Waals surface area (Å²) in [5.74, 6) is -0.111. The number of hydrogen-bond acceptors (Lipinski definition) is 4. The fourth-order valence-corrected chi connectivity index (χ4v) is 1.92. The normalized spacial score (nSPS) is 30.5. The predicted molar refractivity (Wildman–Crippen MR) is 57.6 cm³/mol. The van der Waals surface area contributed by atoms with Crippen molar-refractivity contribution >= 4 is 5.97 Å². The number of ether oxygens (including phenoxy) is 2. The molecule has 4 nitrogen and oxygen atoms in total. The lowest BCUT2D eigenvalue weighted by molar-refractivity contribution is -0.155. The fraction of sp³-hybridized carbons (Fsp3) is 0.909. The number of carbonyl (C=O) groups is 1. The smallest absolute Gasteiger partial charge is 0.313 e. The van der Waals surface area contributed by atoms with Gasteiger partial charge in [0.2, 0.25) is 0 Å². The van der Waals surface area contributed by atoms with Gasteiger partial charge >= 0.3 is 5.97 Å².